The van der Waals surface area contributed by atoms with E-state index in [1.165, 1.54) is 17.1 Å². The second-order valence-electron chi connectivity index (χ2n) is 4.94. The van der Waals surface area contributed by atoms with E-state index in [0.29, 0.717) is 19.4 Å². The molecular formula is C12H23N5O3S. The number of imidazole rings is 1. The van der Waals surface area contributed by atoms with Crippen molar-refractivity contribution in [3.8, 4) is 0 Å². The lowest BCUT2D eigenvalue weighted by Gasteiger charge is -2.31. The SMILES string of the molecule is CCC(CC)(CN)NC(=O)CNS(=O)(=O)c1cn(C)cn1. The number of carbonyl (C=O) groups excluding carboxylic acids is 1. The van der Waals surface area contributed by atoms with Crippen LogP contribution in [0.15, 0.2) is 17.6 Å². The third-order valence-corrected chi connectivity index (χ3v) is 4.81. The molecule has 9 heteroatoms. The summed E-state index contributed by atoms with van der Waals surface area (Å²) in [4.78, 5) is 15.6. The van der Waals surface area contributed by atoms with Crippen molar-refractivity contribution < 1.29 is 13.2 Å². The molecule has 1 aromatic rings. The molecule has 0 radical (unpaired) electrons. The topological polar surface area (TPSA) is 119 Å². The van der Waals surface area contributed by atoms with Gasteiger partial charge in [0, 0.05) is 19.8 Å². The molecule has 0 atom stereocenters. The maximum absolute atomic E-state index is 11.9. The highest BCUT2D eigenvalue weighted by Crippen LogP contribution is 2.12. The number of nitrogens with zero attached hydrogens (tertiary/aromatic N) is 2. The molecular weight excluding hydrogens is 294 g/mol. The summed E-state index contributed by atoms with van der Waals surface area (Å²) in [5.74, 6) is -0.413. The van der Waals surface area contributed by atoms with E-state index in [-0.39, 0.29) is 11.6 Å². The van der Waals surface area contributed by atoms with E-state index >= 15 is 0 Å². The van der Waals surface area contributed by atoms with Crippen LogP contribution in [0.4, 0.5) is 0 Å². The largest absolute Gasteiger partial charge is 0.348 e. The van der Waals surface area contributed by atoms with Crippen LogP contribution >= 0.6 is 0 Å². The van der Waals surface area contributed by atoms with E-state index in [1.54, 1.807) is 7.05 Å². The molecule has 0 unspecified atom stereocenters. The summed E-state index contributed by atoms with van der Waals surface area (Å²) < 4.78 is 27.6. The Kier molecular flexibility index (Phi) is 5.87. The predicted molar refractivity (Wildman–Crippen MR) is 78.9 cm³/mol. The molecule has 0 saturated heterocycles. The van der Waals surface area contributed by atoms with Gasteiger partial charge >= 0.3 is 0 Å². The number of aryl methyl sites for hydroxylation is 1. The van der Waals surface area contributed by atoms with E-state index in [1.807, 2.05) is 13.8 Å². The van der Waals surface area contributed by atoms with Crippen LogP contribution in [0, 0.1) is 0 Å². The molecule has 0 fully saturated rings. The number of amides is 1. The van der Waals surface area contributed by atoms with Gasteiger partial charge in [0.1, 0.15) is 0 Å². The van der Waals surface area contributed by atoms with Crippen LogP contribution in [-0.4, -0.2) is 42.5 Å². The van der Waals surface area contributed by atoms with Crippen molar-refractivity contribution >= 4 is 15.9 Å². The number of hydrogen-bond donors (Lipinski definition) is 3. The van der Waals surface area contributed by atoms with E-state index in [2.05, 4.69) is 15.0 Å². The normalized spacial score (nSPS) is 12.4. The lowest BCUT2D eigenvalue weighted by molar-refractivity contribution is -0.121. The summed E-state index contributed by atoms with van der Waals surface area (Å²) in [7, 11) is -2.12. The van der Waals surface area contributed by atoms with Crippen molar-refractivity contribution in [3.63, 3.8) is 0 Å². The van der Waals surface area contributed by atoms with Gasteiger partial charge < -0.3 is 15.6 Å². The number of carbonyl (C=O) groups is 1. The highest BCUT2D eigenvalue weighted by molar-refractivity contribution is 7.89. The molecule has 0 spiro atoms. The number of sulfonamides is 1. The number of nitrogens with two attached hydrogens (primary N) is 1. The number of nitrogens with one attached hydrogen (secondary N) is 2. The van der Waals surface area contributed by atoms with Crippen LogP contribution in [0.2, 0.25) is 0 Å². The molecule has 1 rings (SSSR count). The average Bonchev–Trinajstić information content (AvgIpc) is 2.90. The molecule has 1 heterocycles. The summed E-state index contributed by atoms with van der Waals surface area (Å²) in [5, 5.41) is 2.68. The van der Waals surface area contributed by atoms with Crippen molar-refractivity contribution in [2.45, 2.75) is 37.3 Å². The minimum absolute atomic E-state index is 0.117. The second-order valence-corrected chi connectivity index (χ2v) is 6.66. The zero-order chi connectivity index (χ0) is 16.1. The van der Waals surface area contributed by atoms with Crippen LogP contribution in [0.3, 0.4) is 0 Å². The Labute approximate surface area is 125 Å². The molecule has 4 N–H and O–H groups in total. The number of aromatic nitrogens is 2. The second kappa shape index (κ2) is 7.01. The van der Waals surface area contributed by atoms with E-state index in [9.17, 15) is 13.2 Å². The number of rotatable bonds is 8. The van der Waals surface area contributed by atoms with Gasteiger partial charge in [0.05, 0.1) is 18.4 Å². The van der Waals surface area contributed by atoms with Crippen LogP contribution in [0.25, 0.3) is 0 Å². The molecule has 0 aromatic carbocycles. The van der Waals surface area contributed by atoms with Gasteiger partial charge in [0.25, 0.3) is 10.0 Å². The Hall–Kier alpha value is -1.45. The summed E-state index contributed by atoms with van der Waals surface area (Å²) in [6, 6.07) is 0. The van der Waals surface area contributed by atoms with Crippen LogP contribution < -0.4 is 15.8 Å². The minimum atomic E-state index is -3.78. The molecule has 21 heavy (non-hydrogen) atoms. The van der Waals surface area contributed by atoms with E-state index in [4.69, 9.17) is 5.73 Å². The molecule has 0 aliphatic heterocycles. The molecule has 1 amide bonds. The van der Waals surface area contributed by atoms with Crippen molar-refractivity contribution in [1.82, 2.24) is 19.6 Å². The molecule has 0 saturated carbocycles. The van der Waals surface area contributed by atoms with E-state index < -0.39 is 21.5 Å². The summed E-state index contributed by atoms with van der Waals surface area (Å²) in [6.07, 6.45) is 4.10. The van der Waals surface area contributed by atoms with Gasteiger partial charge in [-0.3, -0.25) is 4.79 Å². The van der Waals surface area contributed by atoms with Gasteiger partial charge in [-0.25, -0.2) is 18.1 Å². The van der Waals surface area contributed by atoms with Crippen molar-refractivity contribution in [2.24, 2.45) is 12.8 Å². The van der Waals surface area contributed by atoms with Crippen LogP contribution in [0.1, 0.15) is 26.7 Å². The zero-order valence-corrected chi connectivity index (χ0v) is 13.4. The minimum Gasteiger partial charge on any atom is -0.348 e. The first kappa shape index (κ1) is 17.6. The third kappa shape index (κ3) is 4.51. The van der Waals surface area contributed by atoms with Crippen molar-refractivity contribution in [3.05, 3.63) is 12.5 Å². The Morgan fingerprint density at radius 2 is 2.05 bits per heavy atom. The van der Waals surface area contributed by atoms with Gasteiger partial charge in [-0.2, -0.15) is 0 Å². The van der Waals surface area contributed by atoms with E-state index in [0.717, 1.165) is 0 Å². The quantitative estimate of drug-likeness (QED) is 0.587. The lowest BCUT2D eigenvalue weighted by Crippen LogP contribution is -2.55. The maximum atomic E-state index is 11.9. The Balaban J connectivity index is 2.64. The van der Waals surface area contributed by atoms with Gasteiger partial charge in [0.15, 0.2) is 5.03 Å². The molecule has 8 nitrogen and oxygen atoms in total. The first-order chi connectivity index (χ1) is 9.78. The van der Waals surface area contributed by atoms with Crippen molar-refractivity contribution in [1.29, 1.82) is 0 Å². The highest BCUT2D eigenvalue weighted by atomic mass is 32.2. The molecule has 0 aliphatic carbocycles. The molecule has 120 valence electrons. The zero-order valence-electron chi connectivity index (χ0n) is 12.6. The van der Waals surface area contributed by atoms with Crippen LogP contribution in [-0.2, 0) is 21.9 Å². The first-order valence-electron chi connectivity index (χ1n) is 6.77. The summed E-state index contributed by atoms with van der Waals surface area (Å²) in [5.41, 5.74) is 5.19. The summed E-state index contributed by atoms with van der Waals surface area (Å²) in [6.45, 7) is 3.81. The fraction of sp³-hybridized carbons (Fsp3) is 0.667. The molecule has 0 bridgehead atoms. The van der Waals surface area contributed by atoms with Gasteiger partial charge in [-0.1, -0.05) is 13.8 Å². The first-order valence-corrected chi connectivity index (χ1v) is 8.25. The molecule has 0 aliphatic rings. The van der Waals surface area contributed by atoms with Gasteiger partial charge in [-0.05, 0) is 12.8 Å². The Bertz CT molecular complexity index is 569. The predicted octanol–water partition coefficient (Wildman–Crippen LogP) is -0.668. The average molecular weight is 317 g/mol. The van der Waals surface area contributed by atoms with Crippen molar-refractivity contribution in [2.75, 3.05) is 13.1 Å². The Morgan fingerprint density at radius 1 is 1.43 bits per heavy atom. The monoisotopic (exact) mass is 317 g/mol. The smallest absolute Gasteiger partial charge is 0.260 e. The third-order valence-electron chi connectivity index (χ3n) is 3.53. The Morgan fingerprint density at radius 3 is 2.48 bits per heavy atom. The lowest BCUT2D eigenvalue weighted by atomic mass is 9.93. The van der Waals surface area contributed by atoms with Crippen LogP contribution in [0.5, 0.6) is 0 Å². The summed E-state index contributed by atoms with van der Waals surface area (Å²) >= 11 is 0. The van der Waals surface area contributed by atoms with Gasteiger partial charge in [-0.15, -0.1) is 0 Å². The van der Waals surface area contributed by atoms with Gasteiger partial charge in [0.2, 0.25) is 5.91 Å². The fourth-order valence-electron chi connectivity index (χ4n) is 1.87. The number of hydrogen-bond acceptors (Lipinski definition) is 5. The molecule has 1 aromatic heterocycles. The highest BCUT2D eigenvalue weighted by Gasteiger charge is 2.27. The maximum Gasteiger partial charge on any atom is 0.260 e. The fourth-order valence-corrected chi connectivity index (χ4v) is 2.83. The standard InChI is InChI=1S/C12H23N5O3S/c1-4-12(5-2,8-13)16-10(18)6-15-21(19,20)11-7-17(3)9-14-11/h7,9,15H,4-6,8,13H2,1-3H3,(H,16,18).